The fourth-order valence-corrected chi connectivity index (χ4v) is 2.40. The number of halogens is 3. The first-order chi connectivity index (χ1) is 12.4. The molecule has 0 aliphatic carbocycles. The predicted molar refractivity (Wildman–Crippen MR) is 81.6 cm³/mol. The van der Waals surface area contributed by atoms with Gasteiger partial charge in [0.2, 0.25) is 0 Å². The number of hydrogen-bond donors (Lipinski definition) is 0. The largest absolute Gasteiger partial charge is 0.462 e. The van der Waals surface area contributed by atoms with Crippen LogP contribution in [-0.4, -0.2) is 67.5 Å². The van der Waals surface area contributed by atoms with Crippen LogP contribution >= 0.6 is 0 Å². The Kier molecular flexibility index (Phi) is 4.90. The highest BCUT2D eigenvalue weighted by Crippen LogP contribution is 2.39. The Balaban J connectivity index is 2.10. The molecule has 11 heteroatoms. The molecule has 1 fully saturated rings. The van der Waals surface area contributed by atoms with E-state index < -0.39 is 23.7 Å². The molecule has 0 amide bonds. The molecule has 2 aliphatic heterocycles. The van der Waals surface area contributed by atoms with Crippen LogP contribution in [-0.2, 0) is 19.0 Å². The number of furan rings is 1. The van der Waals surface area contributed by atoms with Crippen LogP contribution in [0.25, 0.3) is 0 Å². The zero-order valence-electron chi connectivity index (χ0n) is 13.8. The lowest BCUT2D eigenvalue weighted by Gasteiger charge is -2.35. The summed E-state index contributed by atoms with van der Waals surface area (Å²) in [5.41, 5.74) is -3.46. The fourth-order valence-electron chi connectivity index (χ4n) is 2.40. The number of rotatable bonds is 3. The van der Waals surface area contributed by atoms with E-state index in [9.17, 15) is 18.0 Å². The molecule has 1 atom stereocenters. The summed E-state index contributed by atoms with van der Waals surface area (Å²) >= 11 is 0. The minimum Gasteiger partial charge on any atom is -0.462 e. The number of amidine groups is 1. The van der Waals surface area contributed by atoms with Gasteiger partial charge in [0.05, 0.1) is 26.1 Å². The van der Waals surface area contributed by atoms with Crippen LogP contribution < -0.4 is 0 Å². The van der Waals surface area contributed by atoms with Crippen molar-refractivity contribution in [3.8, 4) is 0 Å². The van der Waals surface area contributed by atoms with Crippen molar-refractivity contribution in [3.05, 3.63) is 24.2 Å². The Hall–Kier alpha value is -2.56. The summed E-state index contributed by atoms with van der Waals surface area (Å²) in [7, 11) is 0. The third-order valence-electron chi connectivity index (χ3n) is 3.68. The van der Waals surface area contributed by atoms with Crippen LogP contribution in [0.4, 0.5) is 13.2 Å². The maximum Gasteiger partial charge on any atom is 0.446 e. The van der Waals surface area contributed by atoms with E-state index in [0.717, 1.165) is 0 Å². The van der Waals surface area contributed by atoms with Crippen LogP contribution in [0.15, 0.2) is 32.8 Å². The van der Waals surface area contributed by atoms with Crippen LogP contribution in [0.3, 0.4) is 0 Å². The molecule has 8 nitrogen and oxygen atoms in total. The molecule has 1 aromatic heterocycles. The first kappa shape index (κ1) is 18.2. The van der Waals surface area contributed by atoms with Crippen molar-refractivity contribution in [2.24, 2.45) is 9.98 Å². The summed E-state index contributed by atoms with van der Waals surface area (Å²) in [5, 5.41) is 0. The van der Waals surface area contributed by atoms with Gasteiger partial charge in [-0.15, -0.1) is 0 Å². The van der Waals surface area contributed by atoms with Gasteiger partial charge in [0.15, 0.2) is 5.76 Å². The molecule has 0 bridgehead atoms. The van der Waals surface area contributed by atoms with Gasteiger partial charge in [-0.1, -0.05) is 0 Å². The van der Waals surface area contributed by atoms with Crippen LogP contribution in [0.2, 0.25) is 0 Å². The normalized spacial score (nSPS) is 23.8. The first-order valence-corrected chi connectivity index (χ1v) is 7.85. The van der Waals surface area contributed by atoms with E-state index in [0.29, 0.717) is 0 Å². The smallest absolute Gasteiger partial charge is 0.446 e. The van der Waals surface area contributed by atoms with Gasteiger partial charge in [-0.3, -0.25) is 0 Å². The maximum absolute atomic E-state index is 13.9. The Morgan fingerprint density at radius 3 is 2.65 bits per heavy atom. The molecule has 0 aromatic carbocycles. The Bertz CT molecular complexity index is 711. The summed E-state index contributed by atoms with van der Waals surface area (Å²) in [5.74, 6) is -2.20. The number of aliphatic imine (C=N–C) groups is 2. The molecule has 0 N–H and O–H groups in total. The molecule has 142 valence electrons. The molecule has 1 aromatic rings. The average Bonchev–Trinajstić information content (AvgIpc) is 3.16. The Morgan fingerprint density at radius 2 is 2.08 bits per heavy atom. The standard InChI is InChI=1S/C15H16F3N3O5/c1-2-24-12(22)14(15(16,17)18)19-11(10-4-3-7-25-10)26-13(20-14)21-5-8-23-9-6-21/h3-4,7H,2,5-6,8-9H2,1H3/t14-/m0/s1. The van der Waals surface area contributed by atoms with Gasteiger partial charge in [-0.25, -0.2) is 4.79 Å². The van der Waals surface area contributed by atoms with Gasteiger partial charge in [0.25, 0.3) is 11.9 Å². The van der Waals surface area contributed by atoms with Crippen molar-refractivity contribution in [3.63, 3.8) is 0 Å². The number of ether oxygens (including phenoxy) is 3. The van der Waals surface area contributed by atoms with E-state index in [-0.39, 0.29) is 44.7 Å². The van der Waals surface area contributed by atoms with E-state index >= 15 is 0 Å². The van der Waals surface area contributed by atoms with E-state index in [1.165, 1.54) is 30.2 Å². The lowest BCUT2D eigenvalue weighted by molar-refractivity contribution is -0.204. The van der Waals surface area contributed by atoms with Crippen molar-refractivity contribution in [1.82, 2.24) is 4.90 Å². The fraction of sp³-hybridized carbons (Fsp3) is 0.533. The second-order valence-corrected chi connectivity index (χ2v) is 5.38. The van der Waals surface area contributed by atoms with Gasteiger partial charge in [-0.2, -0.15) is 23.2 Å². The molecule has 0 radical (unpaired) electrons. The maximum atomic E-state index is 13.9. The number of nitrogens with zero attached hydrogens (tertiary/aromatic N) is 3. The Labute approximate surface area is 146 Å². The summed E-state index contributed by atoms with van der Waals surface area (Å²) in [6, 6.07) is 2.44. The highest BCUT2D eigenvalue weighted by molar-refractivity contribution is 6.04. The molecule has 0 unspecified atom stereocenters. The van der Waals surface area contributed by atoms with Crippen molar-refractivity contribution >= 4 is 17.9 Å². The zero-order valence-corrected chi connectivity index (χ0v) is 13.8. The molecular formula is C15H16F3N3O5. The van der Waals surface area contributed by atoms with Crippen LogP contribution in [0, 0.1) is 0 Å². The number of hydrogen-bond acceptors (Lipinski definition) is 8. The summed E-state index contributed by atoms with van der Waals surface area (Å²) in [6.45, 7) is 2.21. The highest BCUT2D eigenvalue weighted by Gasteiger charge is 2.65. The van der Waals surface area contributed by atoms with E-state index in [4.69, 9.17) is 13.9 Å². The van der Waals surface area contributed by atoms with Crippen molar-refractivity contribution in [1.29, 1.82) is 0 Å². The third kappa shape index (κ3) is 3.26. The van der Waals surface area contributed by atoms with Gasteiger partial charge < -0.3 is 23.5 Å². The monoisotopic (exact) mass is 375 g/mol. The number of alkyl halides is 3. The summed E-state index contributed by atoms with van der Waals surface area (Å²) in [6.07, 6.45) is -3.89. The SMILES string of the molecule is CCOC(=O)[C@]1(C(F)(F)F)N=C(c2ccco2)OC(N2CCOCC2)=N1. The van der Waals surface area contributed by atoms with Crippen molar-refractivity contribution in [2.45, 2.75) is 18.8 Å². The number of carbonyl (C=O) groups is 1. The topological polar surface area (TPSA) is 85.9 Å². The summed E-state index contributed by atoms with van der Waals surface area (Å²) in [4.78, 5) is 20.6. The van der Waals surface area contributed by atoms with Crippen molar-refractivity contribution in [2.75, 3.05) is 32.9 Å². The molecule has 3 heterocycles. The second-order valence-electron chi connectivity index (χ2n) is 5.38. The van der Waals surface area contributed by atoms with Gasteiger partial charge >= 0.3 is 17.8 Å². The van der Waals surface area contributed by atoms with Gasteiger partial charge in [-0.05, 0) is 19.1 Å². The highest BCUT2D eigenvalue weighted by atomic mass is 19.4. The molecule has 26 heavy (non-hydrogen) atoms. The number of carbonyl (C=O) groups excluding carboxylic acids is 1. The quantitative estimate of drug-likeness (QED) is 0.746. The lowest BCUT2D eigenvalue weighted by atomic mass is 10.1. The van der Waals surface area contributed by atoms with Gasteiger partial charge in [0.1, 0.15) is 0 Å². The Morgan fingerprint density at radius 1 is 1.35 bits per heavy atom. The minimum absolute atomic E-state index is 0.0661. The van der Waals surface area contributed by atoms with Crippen molar-refractivity contribution < 1.29 is 36.6 Å². The third-order valence-corrected chi connectivity index (χ3v) is 3.68. The zero-order chi connectivity index (χ0) is 18.8. The molecule has 1 saturated heterocycles. The molecular weight excluding hydrogens is 359 g/mol. The molecule has 2 aliphatic rings. The van der Waals surface area contributed by atoms with E-state index in [1.807, 2.05) is 0 Å². The van der Waals surface area contributed by atoms with Crippen LogP contribution in [0.5, 0.6) is 0 Å². The van der Waals surface area contributed by atoms with E-state index in [2.05, 4.69) is 14.7 Å². The van der Waals surface area contributed by atoms with E-state index in [1.54, 1.807) is 0 Å². The second kappa shape index (κ2) is 6.98. The molecule has 3 rings (SSSR count). The first-order valence-electron chi connectivity index (χ1n) is 7.85. The van der Waals surface area contributed by atoms with Gasteiger partial charge in [0, 0.05) is 13.1 Å². The van der Waals surface area contributed by atoms with Crippen LogP contribution in [0.1, 0.15) is 12.7 Å². The number of esters is 1. The molecule has 0 spiro atoms. The minimum atomic E-state index is -5.14. The average molecular weight is 375 g/mol. The summed E-state index contributed by atoms with van der Waals surface area (Å²) < 4.78 is 61.9. The number of morpholine rings is 1. The molecule has 0 saturated carbocycles. The lowest BCUT2D eigenvalue weighted by Crippen LogP contribution is -2.56. The predicted octanol–water partition coefficient (Wildman–Crippen LogP) is 1.57.